The van der Waals surface area contributed by atoms with Gasteiger partial charge in [0.2, 0.25) is 5.91 Å². The molecule has 1 heterocycles. The van der Waals surface area contributed by atoms with Crippen LogP contribution in [0.15, 0.2) is 108 Å². The van der Waals surface area contributed by atoms with Crippen molar-refractivity contribution < 1.29 is 14.0 Å². The van der Waals surface area contributed by atoms with Crippen molar-refractivity contribution in [3.63, 3.8) is 0 Å². The first-order valence-corrected chi connectivity index (χ1v) is 11.9. The second-order valence-corrected chi connectivity index (χ2v) is 8.79. The Labute approximate surface area is 206 Å². The molecule has 5 rings (SSSR count). The summed E-state index contributed by atoms with van der Waals surface area (Å²) in [6.45, 7) is 0. The molecule has 0 aromatic heterocycles. The zero-order chi connectivity index (χ0) is 24.2. The number of carbonyl (C=O) groups is 2. The maximum Gasteiger partial charge on any atom is 0.283 e. The monoisotopic (exact) mass is 481 g/mol. The van der Waals surface area contributed by atoms with Crippen molar-refractivity contribution in [2.45, 2.75) is 0 Å². The second kappa shape index (κ2) is 9.95. The predicted molar refractivity (Wildman–Crippen MR) is 141 cm³/mol. The molecule has 0 bridgehead atoms. The van der Waals surface area contributed by atoms with Crippen LogP contribution in [-0.2, 0) is 9.59 Å². The van der Waals surface area contributed by atoms with Gasteiger partial charge in [0.25, 0.3) is 5.91 Å². The van der Waals surface area contributed by atoms with E-state index in [4.69, 9.17) is 0 Å². The number of benzene rings is 4. The number of aliphatic imine (C=N–C) groups is 1. The first-order chi connectivity index (χ1) is 17.1. The molecule has 1 N–H and O–H groups in total. The molecule has 0 atom stereocenters. The van der Waals surface area contributed by atoms with Gasteiger partial charge in [-0.3, -0.25) is 14.5 Å². The van der Waals surface area contributed by atoms with E-state index in [2.05, 4.69) is 10.3 Å². The minimum Gasteiger partial charge on any atom is -0.325 e. The van der Waals surface area contributed by atoms with Crippen LogP contribution in [0.2, 0.25) is 0 Å². The fraction of sp³-hybridized carbons (Fsp3) is 0.0357. The van der Waals surface area contributed by atoms with Crippen LogP contribution in [0.4, 0.5) is 15.8 Å². The summed E-state index contributed by atoms with van der Waals surface area (Å²) in [4.78, 5) is 31.8. The van der Waals surface area contributed by atoms with E-state index in [1.807, 2.05) is 72.8 Å². The van der Waals surface area contributed by atoms with Gasteiger partial charge in [-0.2, -0.15) is 0 Å². The Morgan fingerprint density at radius 2 is 1.63 bits per heavy atom. The van der Waals surface area contributed by atoms with Gasteiger partial charge in [-0.1, -0.05) is 72.4 Å². The second-order valence-electron chi connectivity index (χ2n) is 7.85. The van der Waals surface area contributed by atoms with Crippen molar-refractivity contribution >= 4 is 57.0 Å². The highest BCUT2D eigenvalue weighted by Gasteiger charge is 2.32. The van der Waals surface area contributed by atoms with Crippen LogP contribution >= 0.6 is 11.8 Å². The molecule has 0 saturated carbocycles. The summed E-state index contributed by atoms with van der Waals surface area (Å²) in [6, 6.07) is 28.6. The van der Waals surface area contributed by atoms with Gasteiger partial charge in [-0.05, 0) is 58.8 Å². The SMILES string of the molecule is O=C(CSC1=NC(=Cc2ccccc2)C(=O)N1c1ccc(F)cc1)Nc1ccc2ccccc2c1. The molecule has 1 aliphatic heterocycles. The number of hydrogen-bond acceptors (Lipinski definition) is 4. The molecule has 2 amide bonds. The normalized spacial score (nSPS) is 14.4. The minimum absolute atomic E-state index is 0.0508. The van der Waals surface area contributed by atoms with Crippen LogP contribution in [-0.4, -0.2) is 22.7 Å². The lowest BCUT2D eigenvalue weighted by atomic mass is 10.1. The lowest BCUT2D eigenvalue weighted by Gasteiger charge is -2.17. The number of halogens is 1. The van der Waals surface area contributed by atoms with Gasteiger partial charge in [-0.25, -0.2) is 9.38 Å². The summed E-state index contributed by atoms with van der Waals surface area (Å²) >= 11 is 1.15. The Balaban J connectivity index is 1.35. The zero-order valence-electron chi connectivity index (χ0n) is 18.5. The van der Waals surface area contributed by atoms with Crippen LogP contribution in [0.5, 0.6) is 0 Å². The van der Waals surface area contributed by atoms with Gasteiger partial charge in [0, 0.05) is 5.69 Å². The average Bonchev–Trinajstić information content (AvgIpc) is 3.18. The van der Waals surface area contributed by atoms with Crippen LogP contribution in [0.3, 0.4) is 0 Å². The molecular formula is C28H20FN3O2S. The Morgan fingerprint density at radius 3 is 2.40 bits per heavy atom. The molecule has 0 radical (unpaired) electrons. The largest absolute Gasteiger partial charge is 0.325 e. The molecule has 35 heavy (non-hydrogen) atoms. The van der Waals surface area contributed by atoms with Gasteiger partial charge in [0.1, 0.15) is 11.5 Å². The maximum atomic E-state index is 13.5. The number of hydrogen-bond donors (Lipinski definition) is 1. The highest BCUT2D eigenvalue weighted by atomic mass is 32.2. The smallest absolute Gasteiger partial charge is 0.283 e. The molecule has 7 heteroatoms. The molecule has 0 fully saturated rings. The molecule has 0 saturated heterocycles. The topological polar surface area (TPSA) is 61.8 Å². The Hall–Kier alpha value is -4.23. The highest BCUT2D eigenvalue weighted by Crippen LogP contribution is 2.30. The standard InChI is InChI=1S/C28H20FN3O2S/c29-22-11-14-24(15-12-22)32-27(34)25(16-19-6-2-1-3-7-19)31-28(32)35-18-26(33)30-23-13-10-20-8-4-5-9-21(20)17-23/h1-17H,18H2,(H,30,33). The number of amides is 2. The number of thioether (sulfide) groups is 1. The van der Waals surface area contributed by atoms with Crippen LogP contribution < -0.4 is 10.2 Å². The number of fused-ring (bicyclic) bond motifs is 1. The van der Waals surface area contributed by atoms with E-state index in [9.17, 15) is 14.0 Å². The molecule has 0 aliphatic carbocycles. The lowest BCUT2D eigenvalue weighted by molar-refractivity contribution is -0.114. The first kappa shape index (κ1) is 22.6. The van der Waals surface area contributed by atoms with Crippen molar-refractivity contribution in [3.8, 4) is 0 Å². The molecule has 0 unspecified atom stereocenters. The Morgan fingerprint density at radius 1 is 0.914 bits per heavy atom. The molecule has 0 spiro atoms. The van der Waals surface area contributed by atoms with Gasteiger partial charge in [0.15, 0.2) is 5.17 Å². The lowest BCUT2D eigenvalue weighted by Crippen LogP contribution is -2.31. The third-order valence-corrected chi connectivity index (χ3v) is 6.32. The van der Waals surface area contributed by atoms with E-state index in [1.165, 1.54) is 29.2 Å². The average molecular weight is 482 g/mol. The third kappa shape index (κ3) is 5.15. The molecule has 4 aromatic rings. The molecular weight excluding hydrogens is 461 g/mol. The molecule has 5 nitrogen and oxygen atoms in total. The van der Waals surface area contributed by atoms with Crippen molar-refractivity contribution in [1.29, 1.82) is 0 Å². The first-order valence-electron chi connectivity index (χ1n) is 10.9. The van der Waals surface area contributed by atoms with E-state index >= 15 is 0 Å². The minimum atomic E-state index is -0.402. The number of nitrogens with zero attached hydrogens (tertiary/aromatic N) is 2. The van der Waals surface area contributed by atoms with E-state index in [-0.39, 0.29) is 23.3 Å². The van der Waals surface area contributed by atoms with Crippen molar-refractivity contribution in [1.82, 2.24) is 0 Å². The van der Waals surface area contributed by atoms with E-state index in [1.54, 1.807) is 6.08 Å². The van der Waals surface area contributed by atoms with Gasteiger partial charge < -0.3 is 5.32 Å². The summed E-state index contributed by atoms with van der Waals surface area (Å²) in [6.07, 6.45) is 1.70. The summed E-state index contributed by atoms with van der Waals surface area (Å²) in [7, 11) is 0. The van der Waals surface area contributed by atoms with E-state index < -0.39 is 5.82 Å². The van der Waals surface area contributed by atoms with Gasteiger partial charge in [-0.15, -0.1) is 0 Å². The van der Waals surface area contributed by atoms with Crippen LogP contribution in [0.1, 0.15) is 5.56 Å². The predicted octanol–water partition coefficient (Wildman–Crippen LogP) is 6.09. The van der Waals surface area contributed by atoms with Gasteiger partial charge >= 0.3 is 0 Å². The van der Waals surface area contributed by atoms with Crippen molar-refractivity contribution in [2.75, 3.05) is 16.0 Å². The molecule has 1 aliphatic rings. The number of rotatable bonds is 5. The zero-order valence-corrected chi connectivity index (χ0v) is 19.3. The summed E-state index contributed by atoms with van der Waals surface area (Å²) in [5, 5.41) is 5.38. The quantitative estimate of drug-likeness (QED) is 0.351. The Kier molecular flexibility index (Phi) is 6.41. The van der Waals surface area contributed by atoms with E-state index in [0.29, 0.717) is 16.5 Å². The fourth-order valence-electron chi connectivity index (χ4n) is 3.71. The Bertz CT molecular complexity index is 1470. The van der Waals surface area contributed by atoms with Crippen LogP contribution in [0.25, 0.3) is 16.8 Å². The summed E-state index contributed by atoms with van der Waals surface area (Å²) in [5.74, 6) is -0.908. The van der Waals surface area contributed by atoms with E-state index in [0.717, 1.165) is 28.1 Å². The summed E-state index contributed by atoms with van der Waals surface area (Å²) < 4.78 is 13.5. The highest BCUT2D eigenvalue weighted by molar-refractivity contribution is 8.14. The number of nitrogens with one attached hydrogen (secondary N) is 1. The molecule has 172 valence electrons. The number of carbonyl (C=O) groups excluding carboxylic acids is 2. The van der Waals surface area contributed by atoms with Crippen molar-refractivity contribution in [2.24, 2.45) is 4.99 Å². The maximum absolute atomic E-state index is 13.5. The third-order valence-electron chi connectivity index (χ3n) is 5.38. The summed E-state index contributed by atoms with van der Waals surface area (Å²) in [5.41, 5.74) is 2.25. The number of anilines is 2. The van der Waals surface area contributed by atoms with Crippen LogP contribution in [0, 0.1) is 5.82 Å². The van der Waals surface area contributed by atoms with Crippen molar-refractivity contribution in [3.05, 3.63) is 114 Å². The van der Waals surface area contributed by atoms with Gasteiger partial charge in [0.05, 0.1) is 11.4 Å². The molecule has 4 aromatic carbocycles. The number of amidine groups is 1. The fourth-order valence-corrected chi connectivity index (χ4v) is 4.53.